The van der Waals surface area contributed by atoms with Crippen molar-refractivity contribution in [2.45, 2.75) is 0 Å². The predicted octanol–water partition coefficient (Wildman–Crippen LogP) is 4.73. The van der Waals surface area contributed by atoms with Crippen molar-refractivity contribution in [1.82, 2.24) is 9.97 Å². The van der Waals surface area contributed by atoms with E-state index in [4.69, 9.17) is 8.83 Å². The molecule has 0 aliphatic carbocycles. The summed E-state index contributed by atoms with van der Waals surface area (Å²) in [6.07, 6.45) is 3.28. The zero-order chi connectivity index (χ0) is 17.8. The minimum Gasteiger partial charge on any atom is -0.394 e. The molecule has 0 unspecified atom stereocenters. The molecule has 0 N–H and O–H groups in total. The van der Waals surface area contributed by atoms with Crippen molar-refractivity contribution in [3.8, 4) is 0 Å². The van der Waals surface area contributed by atoms with Gasteiger partial charge in [0, 0.05) is 23.2 Å². The van der Waals surface area contributed by atoms with Crippen LogP contribution in [-0.4, -0.2) is 9.97 Å². The maximum absolute atomic E-state index is 12.2. The zero-order valence-electron chi connectivity index (χ0n) is 13.7. The van der Waals surface area contributed by atoms with Crippen molar-refractivity contribution in [2.24, 2.45) is 0 Å². The first kappa shape index (κ1) is 15.8. The summed E-state index contributed by atoms with van der Waals surface area (Å²) in [6, 6.07) is 21.8. The summed E-state index contributed by atoms with van der Waals surface area (Å²) in [7, 11) is 0. The molecular weight excluding hydrogens is 328 g/mol. The zero-order valence-corrected chi connectivity index (χ0v) is 13.7. The predicted molar refractivity (Wildman–Crippen MR) is 101 cm³/mol. The Morgan fingerprint density at radius 2 is 1.00 bits per heavy atom. The highest BCUT2D eigenvalue weighted by Crippen LogP contribution is 2.12. The second-order valence-electron chi connectivity index (χ2n) is 5.53. The second kappa shape index (κ2) is 7.03. The first-order chi connectivity index (χ1) is 12.8. The number of hydrogen-bond acceptors (Lipinski definition) is 5. The molecule has 5 nitrogen and oxygen atoms in total. The van der Waals surface area contributed by atoms with E-state index >= 15 is 0 Å². The van der Waals surface area contributed by atoms with Gasteiger partial charge in [0.1, 0.15) is 11.2 Å². The number of fused-ring (bicyclic) bond motifs is 3. The molecule has 0 amide bonds. The number of aromatic nitrogens is 2. The fourth-order valence-electron chi connectivity index (χ4n) is 2.52. The van der Waals surface area contributed by atoms with Crippen LogP contribution in [0.4, 0.5) is 0 Å². The number of para-hydroxylation sites is 4. The van der Waals surface area contributed by atoms with Gasteiger partial charge in [-0.2, -0.15) is 0 Å². The molecule has 4 aromatic rings. The van der Waals surface area contributed by atoms with E-state index in [9.17, 15) is 4.79 Å². The Bertz CT molecular complexity index is 1180. The highest BCUT2D eigenvalue weighted by Gasteiger charge is 1.95. The molecule has 4 rings (SSSR count). The van der Waals surface area contributed by atoms with E-state index in [1.807, 2.05) is 48.5 Å². The molecule has 5 heteroatoms. The van der Waals surface area contributed by atoms with E-state index in [1.165, 1.54) is 0 Å². The van der Waals surface area contributed by atoms with E-state index < -0.39 is 5.82 Å². The summed E-state index contributed by atoms with van der Waals surface area (Å²) in [5, 5.41) is 1.33. The Kier molecular flexibility index (Phi) is 4.26. The minimum absolute atomic E-state index is 0.372. The second-order valence-corrected chi connectivity index (χ2v) is 5.53. The monoisotopic (exact) mass is 342 g/mol. The highest BCUT2D eigenvalue weighted by atomic mass is 16.5. The molecule has 0 saturated carbocycles. The molecule has 0 bridgehead atoms. The lowest BCUT2D eigenvalue weighted by Crippen LogP contribution is -1.91. The van der Waals surface area contributed by atoms with Crippen molar-refractivity contribution < 1.29 is 8.83 Å². The minimum atomic E-state index is -0.816. The Balaban J connectivity index is 2.23. The molecule has 0 atom stereocenters. The summed E-state index contributed by atoms with van der Waals surface area (Å²) in [4.78, 5) is 21.2. The molecule has 3 aromatic carbocycles. The van der Waals surface area contributed by atoms with Crippen LogP contribution in [0, 0.1) is 0 Å². The standard InChI is InChI=1S/C21H14N2O3/c24-21-25-19-11-5-1-7-15(19)13-22-17-9-3-4-10-18(17)23-14-16-8-2-6-12-20(16)26-21/h1-14H. The maximum atomic E-state index is 12.2. The van der Waals surface area contributed by atoms with Gasteiger partial charge in [-0.1, -0.05) is 36.4 Å². The molecule has 0 fully saturated rings. The molecule has 26 heavy (non-hydrogen) atoms. The van der Waals surface area contributed by atoms with Crippen LogP contribution >= 0.6 is 0 Å². The fourth-order valence-corrected chi connectivity index (χ4v) is 2.52. The van der Waals surface area contributed by atoms with Gasteiger partial charge < -0.3 is 8.83 Å². The van der Waals surface area contributed by atoms with E-state index in [0.29, 0.717) is 33.0 Å². The first-order valence-electron chi connectivity index (χ1n) is 8.04. The van der Waals surface area contributed by atoms with Gasteiger partial charge in [0.2, 0.25) is 0 Å². The number of hydrogen-bond donors (Lipinski definition) is 0. The topological polar surface area (TPSA) is 69.1 Å². The molecule has 1 heterocycles. The molecule has 1 aromatic heterocycles. The van der Waals surface area contributed by atoms with Gasteiger partial charge in [-0.3, -0.25) is 9.97 Å². The van der Waals surface area contributed by atoms with Gasteiger partial charge in [-0.15, -0.1) is 0 Å². The molecular formula is C21H14N2O3. The summed E-state index contributed by atoms with van der Waals surface area (Å²) in [5.41, 5.74) is 2.16. The smallest absolute Gasteiger partial charge is 0.394 e. The van der Waals surface area contributed by atoms with Crippen molar-refractivity contribution in [1.29, 1.82) is 0 Å². The van der Waals surface area contributed by atoms with Gasteiger partial charge in [0.25, 0.3) is 0 Å². The Morgan fingerprint density at radius 1 is 0.577 bits per heavy atom. The number of rotatable bonds is 0. The Morgan fingerprint density at radius 3 is 1.50 bits per heavy atom. The summed E-state index contributed by atoms with van der Waals surface area (Å²) in [5.74, 6) is -0.816. The molecule has 0 radical (unpaired) electrons. The molecule has 0 aliphatic rings. The first-order valence-corrected chi connectivity index (χ1v) is 8.04. The van der Waals surface area contributed by atoms with E-state index in [0.717, 1.165) is 0 Å². The van der Waals surface area contributed by atoms with Gasteiger partial charge in [0.05, 0.1) is 11.0 Å². The van der Waals surface area contributed by atoms with Crippen molar-refractivity contribution in [3.05, 3.63) is 95.8 Å². The summed E-state index contributed by atoms with van der Waals surface area (Å²) in [6.45, 7) is 0. The van der Waals surface area contributed by atoms with Gasteiger partial charge in [-0.25, -0.2) is 4.79 Å². The van der Waals surface area contributed by atoms with Crippen LogP contribution in [0.25, 0.3) is 33.0 Å². The quantitative estimate of drug-likeness (QED) is 0.462. The lowest BCUT2D eigenvalue weighted by molar-refractivity contribution is 0.375. The van der Waals surface area contributed by atoms with Crippen LogP contribution in [0.3, 0.4) is 0 Å². The average Bonchev–Trinajstić information content (AvgIpc) is 2.67. The van der Waals surface area contributed by atoms with E-state index in [1.54, 1.807) is 36.7 Å². The SMILES string of the molecule is O=c1oc2ccccc2cnc2ccccc2ncc2ccccc2o1. The summed E-state index contributed by atoms with van der Waals surface area (Å²) >= 11 is 0. The van der Waals surface area contributed by atoms with Gasteiger partial charge >= 0.3 is 5.82 Å². The largest absolute Gasteiger partial charge is 0.519 e. The summed E-state index contributed by atoms with van der Waals surface area (Å²) < 4.78 is 10.7. The molecule has 0 aliphatic heterocycles. The highest BCUT2D eigenvalue weighted by molar-refractivity contribution is 5.78. The van der Waals surface area contributed by atoms with Crippen molar-refractivity contribution in [3.63, 3.8) is 0 Å². The third-order valence-corrected chi connectivity index (χ3v) is 3.79. The van der Waals surface area contributed by atoms with Crippen molar-refractivity contribution in [2.75, 3.05) is 0 Å². The average molecular weight is 342 g/mol. The van der Waals surface area contributed by atoms with E-state index in [-0.39, 0.29) is 0 Å². The van der Waals surface area contributed by atoms with Crippen LogP contribution < -0.4 is 5.82 Å². The lowest BCUT2D eigenvalue weighted by Gasteiger charge is -1.91. The van der Waals surface area contributed by atoms with Crippen LogP contribution in [0.2, 0.25) is 0 Å². The number of nitrogens with zero attached hydrogens (tertiary/aromatic N) is 2. The third kappa shape index (κ3) is 3.37. The Hall–Kier alpha value is -3.73. The third-order valence-electron chi connectivity index (χ3n) is 3.79. The fraction of sp³-hybridized carbons (Fsp3) is 0. The Labute approximate surface area is 148 Å². The normalized spacial score (nSPS) is 10.5. The molecule has 0 saturated heterocycles. The van der Waals surface area contributed by atoms with Crippen LogP contribution in [0.15, 0.2) is 98.8 Å². The van der Waals surface area contributed by atoms with E-state index in [2.05, 4.69) is 9.97 Å². The number of benzene rings is 3. The van der Waals surface area contributed by atoms with Crippen LogP contribution in [-0.2, 0) is 0 Å². The molecule has 126 valence electrons. The lowest BCUT2D eigenvalue weighted by atomic mass is 10.2. The maximum Gasteiger partial charge on any atom is 0.519 e. The van der Waals surface area contributed by atoms with Crippen LogP contribution in [0.5, 0.6) is 0 Å². The van der Waals surface area contributed by atoms with Crippen LogP contribution in [0.1, 0.15) is 0 Å². The van der Waals surface area contributed by atoms with Crippen molar-refractivity contribution >= 4 is 33.0 Å². The van der Waals surface area contributed by atoms with Gasteiger partial charge in [0.15, 0.2) is 0 Å². The van der Waals surface area contributed by atoms with Gasteiger partial charge in [-0.05, 0) is 36.4 Å². The molecule has 0 spiro atoms.